The molecule has 0 aromatic heterocycles. The van der Waals surface area contributed by atoms with Crippen molar-refractivity contribution >= 4 is 0 Å². The molecule has 1 saturated carbocycles. The molecule has 0 aliphatic heterocycles. The predicted octanol–water partition coefficient (Wildman–Crippen LogP) is 2.96. The molecule has 1 unspecified atom stereocenters. The molecule has 19 heavy (non-hydrogen) atoms. The van der Waals surface area contributed by atoms with Crippen LogP contribution in [0.1, 0.15) is 37.3 Å². The molecule has 0 spiro atoms. The lowest BCUT2D eigenvalue weighted by Gasteiger charge is -2.18. The molecule has 2 rings (SSSR count). The molecular weight excluding hydrogens is 236 g/mol. The summed E-state index contributed by atoms with van der Waals surface area (Å²) < 4.78 is 6.04. The van der Waals surface area contributed by atoms with E-state index in [1.807, 2.05) is 13.0 Å². The smallest absolute Gasteiger partial charge is 0.125 e. The highest BCUT2D eigenvalue weighted by Crippen LogP contribution is 2.49. The quantitative estimate of drug-likeness (QED) is 0.853. The number of ether oxygens (including phenoxy) is 1. The van der Waals surface area contributed by atoms with Gasteiger partial charge in [-0.05, 0) is 44.2 Å². The molecule has 1 atom stereocenters. The molecular formula is C16H22N2O. The number of para-hydroxylation sites is 1. The maximum absolute atomic E-state index is 8.85. The van der Waals surface area contributed by atoms with Crippen molar-refractivity contribution in [3.63, 3.8) is 0 Å². The van der Waals surface area contributed by atoms with Crippen LogP contribution in [-0.4, -0.2) is 12.6 Å². The minimum Gasteiger partial charge on any atom is -0.492 e. The maximum atomic E-state index is 8.85. The first-order chi connectivity index (χ1) is 9.06. The first-order valence-corrected chi connectivity index (χ1v) is 6.90. The number of hydrogen-bond donors (Lipinski definition) is 1. The predicted molar refractivity (Wildman–Crippen MR) is 75.9 cm³/mol. The largest absolute Gasteiger partial charge is 0.492 e. The summed E-state index contributed by atoms with van der Waals surface area (Å²) in [6.07, 6.45) is 3.63. The second-order valence-corrected chi connectivity index (χ2v) is 5.87. The van der Waals surface area contributed by atoms with Crippen molar-refractivity contribution in [2.45, 2.75) is 45.6 Å². The fraction of sp³-hybridized carbons (Fsp3) is 0.562. The lowest BCUT2D eigenvalue weighted by Crippen LogP contribution is -2.19. The van der Waals surface area contributed by atoms with Gasteiger partial charge in [0.05, 0.1) is 12.7 Å². The van der Waals surface area contributed by atoms with E-state index in [1.54, 1.807) is 0 Å². The molecule has 1 aliphatic carbocycles. The zero-order valence-corrected chi connectivity index (χ0v) is 11.8. The van der Waals surface area contributed by atoms with Crippen molar-refractivity contribution in [1.29, 1.82) is 5.26 Å². The SMILES string of the molecule is Cc1cccc(CC(C)N)c1OCC1(CC#N)CC1. The lowest BCUT2D eigenvalue weighted by molar-refractivity contribution is 0.233. The van der Waals surface area contributed by atoms with E-state index in [9.17, 15) is 0 Å². The Morgan fingerprint density at radius 3 is 2.79 bits per heavy atom. The number of aryl methyl sites for hydroxylation is 1. The summed E-state index contributed by atoms with van der Waals surface area (Å²) in [5.74, 6) is 0.962. The Bertz CT molecular complexity index is 484. The Morgan fingerprint density at radius 2 is 2.21 bits per heavy atom. The second kappa shape index (κ2) is 5.63. The van der Waals surface area contributed by atoms with Crippen LogP contribution in [0.25, 0.3) is 0 Å². The minimum absolute atomic E-state index is 0.114. The number of hydrogen-bond acceptors (Lipinski definition) is 3. The lowest BCUT2D eigenvalue weighted by atomic mass is 10.0. The summed E-state index contributed by atoms with van der Waals surface area (Å²) in [6, 6.07) is 8.57. The summed E-state index contributed by atoms with van der Waals surface area (Å²) in [5.41, 5.74) is 8.31. The van der Waals surface area contributed by atoms with Crippen LogP contribution < -0.4 is 10.5 Å². The van der Waals surface area contributed by atoms with Crippen molar-refractivity contribution in [2.24, 2.45) is 11.1 Å². The van der Waals surface area contributed by atoms with Crippen LogP contribution in [0, 0.1) is 23.7 Å². The molecule has 3 nitrogen and oxygen atoms in total. The van der Waals surface area contributed by atoms with Gasteiger partial charge in [-0.15, -0.1) is 0 Å². The van der Waals surface area contributed by atoms with Gasteiger partial charge < -0.3 is 10.5 Å². The van der Waals surface area contributed by atoms with E-state index >= 15 is 0 Å². The monoisotopic (exact) mass is 258 g/mol. The number of nitriles is 1. The molecule has 0 bridgehead atoms. The molecule has 2 N–H and O–H groups in total. The van der Waals surface area contributed by atoms with Crippen LogP contribution in [0.3, 0.4) is 0 Å². The summed E-state index contributed by atoms with van der Waals surface area (Å²) >= 11 is 0. The van der Waals surface area contributed by atoms with Gasteiger partial charge in [-0.2, -0.15) is 5.26 Å². The average Bonchev–Trinajstić information content (AvgIpc) is 3.08. The number of rotatable bonds is 6. The summed E-state index contributed by atoms with van der Waals surface area (Å²) in [4.78, 5) is 0. The molecule has 0 heterocycles. The third-order valence-corrected chi connectivity index (χ3v) is 3.77. The molecule has 1 fully saturated rings. The highest BCUT2D eigenvalue weighted by molar-refractivity contribution is 5.41. The van der Waals surface area contributed by atoms with E-state index in [4.69, 9.17) is 15.7 Å². The third-order valence-electron chi connectivity index (χ3n) is 3.77. The molecule has 1 aliphatic rings. The van der Waals surface area contributed by atoms with Gasteiger partial charge in [0.1, 0.15) is 5.75 Å². The topological polar surface area (TPSA) is 59.0 Å². The van der Waals surface area contributed by atoms with Crippen LogP contribution in [0.2, 0.25) is 0 Å². The molecule has 0 saturated heterocycles. The van der Waals surface area contributed by atoms with E-state index in [1.165, 1.54) is 5.56 Å². The molecule has 1 aromatic carbocycles. The fourth-order valence-corrected chi connectivity index (χ4v) is 2.37. The molecule has 0 radical (unpaired) electrons. The maximum Gasteiger partial charge on any atom is 0.125 e. The Kier molecular flexibility index (Phi) is 4.11. The Labute approximate surface area is 115 Å². The van der Waals surface area contributed by atoms with Crippen molar-refractivity contribution in [3.8, 4) is 11.8 Å². The molecule has 1 aromatic rings. The zero-order valence-electron chi connectivity index (χ0n) is 11.8. The Morgan fingerprint density at radius 1 is 1.47 bits per heavy atom. The van der Waals surface area contributed by atoms with Gasteiger partial charge in [0.15, 0.2) is 0 Å². The molecule has 0 amide bonds. The van der Waals surface area contributed by atoms with E-state index in [-0.39, 0.29) is 11.5 Å². The number of benzene rings is 1. The standard InChI is InChI=1S/C16H22N2O/c1-12-4-3-5-14(10-13(2)18)15(12)19-11-16(6-7-16)8-9-17/h3-5,13H,6-8,10-11,18H2,1-2H3. The third kappa shape index (κ3) is 3.48. The van der Waals surface area contributed by atoms with E-state index in [2.05, 4.69) is 25.1 Å². The van der Waals surface area contributed by atoms with Gasteiger partial charge in [-0.25, -0.2) is 0 Å². The minimum atomic E-state index is 0.114. The van der Waals surface area contributed by atoms with Crippen molar-refractivity contribution in [1.82, 2.24) is 0 Å². The second-order valence-electron chi connectivity index (χ2n) is 5.87. The van der Waals surface area contributed by atoms with Gasteiger partial charge in [0.2, 0.25) is 0 Å². The summed E-state index contributed by atoms with van der Waals surface area (Å²) in [6.45, 7) is 4.71. The van der Waals surface area contributed by atoms with Crippen molar-refractivity contribution in [2.75, 3.05) is 6.61 Å². The van der Waals surface area contributed by atoms with Crippen molar-refractivity contribution in [3.05, 3.63) is 29.3 Å². The number of nitrogens with zero attached hydrogens (tertiary/aromatic N) is 1. The highest BCUT2D eigenvalue weighted by Gasteiger charge is 2.43. The van der Waals surface area contributed by atoms with Crippen LogP contribution in [0.4, 0.5) is 0 Å². The van der Waals surface area contributed by atoms with Gasteiger partial charge in [0, 0.05) is 17.9 Å². The molecule has 3 heteroatoms. The van der Waals surface area contributed by atoms with E-state index in [0.717, 1.165) is 30.6 Å². The first kappa shape index (κ1) is 13.9. The summed E-state index contributed by atoms with van der Waals surface area (Å²) in [5, 5.41) is 8.85. The normalized spacial score (nSPS) is 17.6. The number of nitrogens with two attached hydrogens (primary N) is 1. The molecule has 102 valence electrons. The van der Waals surface area contributed by atoms with E-state index in [0.29, 0.717) is 13.0 Å². The van der Waals surface area contributed by atoms with Gasteiger partial charge in [-0.3, -0.25) is 0 Å². The Balaban J connectivity index is 2.09. The van der Waals surface area contributed by atoms with Gasteiger partial charge in [-0.1, -0.05) is 18.2 Å². The van der Waals surface area contributed by atoms with Crippen LogP contribution in [0.5, 0.6) is 5.75 Å². The summed E-state index contributed by atoms with van der Waals surface area (Å²) in [7, 11) is 0. The van der Waals surface area contributed by atoms with E-state index < -0.39 is 0 Å². The fourth-order valence-electron chi connectivity index (χ4n) is 2.37. The zero-order chi connectivity index (χ0) is 13.9. The first-order valence-electron chi connectivity index (χ1n) is 6.90. The highest BCUT2D eigenvalue weighted by atomic mass is 16.5. The van der Waals surface area contributed by atoms with Crippen molar-refractivity contribution < 1.29 is 4.74 Å². The average molecular weight is 258 g/mol. The van der Waals surface area contributed by atoms with Gasteiger partial charge in [0.25, 0.3) is 0 Å². The van der Waals surface area contributed by atoms with Gasteiger partial charge >= 0.3 is 0 Å². The Hall–Kier alpha value is -1.53. The van der Waals surface area contributed by atoms with Crippen LogP contribution >= 0.6 is 0 Å². The van der Waals surface area contributed by atoms with Crippen LogP contribution in [0.15, 0.2) is 18.2 Å². The van der Waals surface area contributed by atoms with Crippen LogP contribution in [-0.2, 0) is 6.42 Å².